The first-order valence-electron chi connectivity index (χ1n) is 12.0. The summed E-state index contributed by atoms with van der Waals surface area (Å²) in [5, 5.41) is 16.1. The summed E-state index contributed by atoms with van der Waals surface area (Å²) in [5.74, 6) is -0.0988. The highest BCUT2D eigenvalue weighted by Gasteiger charge is 2.55. The average molecular weight is 446 g/mol. The summed E-state index contributed by atoms with van der Waals surface area (Å²) in [6.45, 7) is 7.15. The van der Waals surface area contributed by atoms with Crippen LogP contribution in [0.15, 0.2) is 18.2 Å². The van der Waals surface area contributed by atoms with Crippen LogP contribution in [0.5, 0.6) is 5.75 Å². The average Bonchev–Trinajstić information content (AvgIpc) is 2.75. The third kappa shape index (κ3) is 5.26. The first kappa shape index (κ1) is 24.5. The normalized spacial score (nSPS) is 26.7. The van der Waals surface area contributed by atoms with Gasteiger partial charge in [0, 0.05) is 6.54 Å². The van der Waals surface area contributed by atoms with Gasteiger partial charge < -0.3 is 26.2 Å². The Bertz CT molecular complexity index is 814. The zero-order valence-electron chi connectivity index (χ0n) is 19.5. The third-order valence-corrected chi connectivity index (χ3v) is 7.64. The second kappa shape index (κ2) is 10.7. The molecule has 0 saturated heterocycles. The Morgan fingerprint density at radius 3 is 2.69 bits per heavy atom. The SMILES string of the molecule is C[C@]1(C(=O)O)CCC[C@]2(C)c3cc(OC(=O)NCCCNCCCCN)ccc3CC[C@@H]12. The Labute approximate surface area is 191 Å². The van der Waals surface area contributed by atoms with Gasteiger partial charge in [0.05, 0.1) is 5.41 Å². The fraction of sp³-hybridized carbons (Fsp3) is 0.680. The molecule has 5 N–H and O–H groups in total. The Balaban J connectivity index is 1.58. The summed E-state index contributed by atoms with van der Waals surface area (Å²) >= 11 is 0. The highest BCUT2D eigenvalue weighted by Crippen LogP contribution is 2.57. The van der Waals surface area contributed by atoms with Crippen LogP contribution in [-0.2, 0) is 16.6 Å². The molecule has 1 saturated carbocycles. The van der Waals surface area contributed by atoms with Gasteiger partial charge in [-0.3, -0.25) is 4.79 Å². The molecule has 0 heterocycles. The van der Waals surface area contributed by atoms with Gasteiger partial charge in [0.25, 0.3) is 0 Å². The van der Waals surface area contributed by atoms with E-state index in [1.807, 2.05) is 25.1 Å². The molecule has 3 atom stereocenters. The van der Waals surface area contributed by atoms with Crippen LogP contribution >= 0.6 is 0 Å². The van der Waals surface area contributed by atoms with Crippen LogP contribution in [-0.4, -0.2) is 43.3 Å². The maximum absolute atomic E-state index is 12.3. The van der Waals surface area contributed by atoms with Gasteiger partial charge in [-0.2, -0.15) is 0 Å². The number of hydrogen-bond acceptors (Lipinski definition) is 5. The third-order valence-electron chi connectivity index (χ3n) is 7.64. The first-order valence-corrected chi connectivity index (χ1v) is 12.0. The van der Waals surface area contributed by atoms with Crippen molar-refractivity contribution in [3.8, 4) is 5.75 Å². The molecule has 0 unspecified atom stereocenters. The second-order valence-electron chi connectivity index (χ2n) is 9.82. The van der Waals surface area contributed by atoms with E-state index in [0.29, 0.717) is 12.3 Å². The van der Waals surface area contributed by atoms with Gasteiger partial charge in [-0.15, -0.1) is 0 Å². The highest BCUT2D eigenvalue weighted by atomic mass is 16.6. The Morgan fingerprint density at radius 2 is 1.94 bits per heavy atom. The van der Waals surface area contributed by atoms with E-state index in [2.05, 4.69) is 17.6 Å². The molecular weight excluding hydrogens is 406 g/mol. The van der Waals surface area contributed by atoms with E-state index >= 15 is 0 Å². The molecular formula is C25H39N3O4. The van der Waals surface area contributed by atoms with Crippen molar-refractivity contribution < 1.29 is 19.4 Å². The Hall–Kier alpha value is -2.12. The van der Waals surface area contributed by atoms with Crippen molar-refractivity contribution in [1.29, 1.82) is 0 Å². The van der Waals surface area contributed by atoms with E-state index < -0.39 is 17.5 Å². The van der Waals surface area contributed by atoms with E-state index in [0.717, 1.165) is 76.6 Å². The van der Waals surface area contributed by atoms with E-state index in [9.17, 15) is 14.7 Å². The molecule has 1 fully saturated rings. The number of nitrogens with one attached hydrogen (secondary N) is 2. The first-order chi connectivity index (χ1) is 15.3. The molecule has 0 aromatic heterocycles. The molecule has 7 nitrogen and oxygen atoms in total. The van der Waals surface area contributed by atoms with Gasteiger partial charge >= 0.3 is 12.1 Å². The van der Waals surface area contributed by atoms with Gasteiger partial charge in [-0.05, 0) is 106 Å². The molecule has 1 aromatic rings. The molecule has 32 heavy (non-hydrogen) atoms. The molecule has 0 aliphatic heterocycles. The number of amides is 1. The highest BCUT2D eigenvalue weighted by molar-refractivity contribution is 5.75. The van der Waals surface area contributed by atoms with Gasteiger partial charge in [-0.25, -0.2) is 4.79 Å². The number of aryl methyl sites for hydroxylation is 1. The Kier molecular flexibility index (Phi) is 8.17. The fourth-order valence-electron chi connectivity index (χ4n) is 5.82. The maximum atomic E-state index is 12.3. The number of fused-ring (bicyclic) bond motifs is 3. The quantitative estimate of drug-likeness (QED) is 0.409. The lowest BCUT2D eigenvalue weighted by Gasteiger charge is -2.53. The minimum absolute atomic E-state index is 0.0789. The minimum atomic E-state index is -0.711. The summed E-state index contributed by atoms with van der Waals surface area (Å²) in [7, 11) is 0. The van der Waals surface area contributed by atoms with Crippen LogP contribution in [0.2, 0.25) is 0 Å². The predicted octanol–water partition coefficient (Wildman–Crippen LogP) is 3.59. The number of nitrogens with two attached hydrogens (primary N) is 1. The number of carbonyl (C=O) groups excluding carboxylic acids is 1. The monoisotopic (exact) mass is 445 g/mol. The second-order valence-corrected chi connectivity index (χ2v) is 9.82. The zero-order chi connectivity index (χ0) is 23.2. The van der Waals surface area contributed by atoms with E-state index in [1.54, 1.807) is 0 Å². The summed E-state index contributed by atoms with van der Waals surface area (Å²) in [6.07, 6.45) is 6.78. The number of benzene rings is 1. The molecule has 1 aromatic carbocycles. The lowest BCUT2D eigenvalue weighted by Crippen LogP contribution is -2.52. The van der Waals surface area contributed by atoms with Crippen molar-refractivity contribution in [3.05, 3.63) is 29.3 Å². The number of carbonyl (C=O) groups is 2. The summed E-state index contributed by atoms with van der Waals surface area (Å²) in [6, 6.07) is 5.85. The van der Waals surface area contributed by atoms with Crippen molar-refractivity contribution in [2.45, 2.75) is 70.6 Å². The number of hydrogen-bond donors (Lipinski definition) is 4. The number of carboxylic acids is 1. The van der Waals surface area contributed by atoms with Crippen LogP contribution in [0.4, 0.5) is 4.79 Å². The van der Waals surface area contributed by atoms with Crippen molar-refractivity contribution in [2.24, 2.45) is 17.1 Å². The van der Waals surface area contributed by atoms with E-state index in [4.69, 9.17) is 10.5 Å². The van der Waals surface area contributed by atoms with Gasteiger partial charge in [-0.1, -0.05) is 19.4 Å². The van der Waals surface area contributed by atoms with Crippen LogP contribution in [0.1, 0.15) is 69.9 Å². The van der Waals surface area contributed by atoms with Gasteiger partial charge in [0.2, 0.25) is 0 Å². The van der Waals surface area contributed by atoms with Crippen LogP contribution in [0.25, 0.3) is 0 Å². The minimum Gasteiger partial charge on any atom is -0.481 e. The lowest BCUT2D eigenvalue weighted by molar-refractivity contribution is -0.157. The molecule has 0 bridgehead atoms. The predicted molar refractivity (Wildman–Crippen MR) is 125 cm³/mol. The Morgan fingerprint density at radius 1 is 1.16 bits per heavy atom. The molecule has 1 amide bonds. The number of aliphatic carboxylic acids is 1. The topological polar surface area (TPSA) is 114 Å². The largest absolute Gasteiger partial charge is 0.481 e. The number of unbranched alkanes of at least 4 members (excludes halogenated alkanes) is 1. The standard InChI is InChI=1S/C25H39N3O4/c1-24-11-5-12-25(2,22(29)30)21(24)10-8-18-7-9-19(17-20(18)24)32-23(31)28-16-6-15-27-14-4-3-13-26/h7,9,17,21,27H,3-6,8,10-16,26H2,1-2H3,(H,28,31)(H,29,30)/t21-,24-,25+/m1/s1. The van der Waals surface area contributed by atoms with Crippen molar-refractivity contribution in [1.82, 2.24) is 10.6 Å². The molecule has 0 radical (unpaired) electrons. The van der Waals surface area contributed by atoms with E-state index in [-0.39, 0.29) is 11.3 Å². The van der Waals surface area contributed by atoms with E-state index in [1.165, 1.54) is 5.56 Å². The molecule has 0 spiro atoms. The molecule has 3 rings (SSSR count). The van der Waals surface area contributed by atoms with Crippen molar-refractivity contribution in [2.75, 3.05) is 26.2 Å². The summed E-state index contributed by atoms with van der Waals surface area (Å²) in [4.78, 5) is 24.4. The number of carboxylic acid groups (broad SMARTS) is 1. The lowest BCUT2D eigenvalue weighted by atomic mass is 9.50. The smallest absolute Gasteiger partial charge is 0.412 e. The van der Waals surface area contributed by atoms with Crippen LogP contribution < -0.4 is 21.1 Å². The van der Waals surface area contributed by atoms with Crippen molar-refractivity contribution in [3.63, 3.8) is 0 Å². The molecule has 7 heteroatoms. The zero-order valence-corrected chi connectivity index (χ0v) is 19.5. The van der Waals surface area contributed by atoms with Crippen molar-refractivity contribution >= 4 is 12.1 Å². The van der Waals surface area contributed by atoms with Crippen LogP contribution in [0, 0.1) is 11.3 Å². The summed E-state index contributed by atoms with van der Waals surface area (Å²) in [5.41, 5.74) is 6.94. The molecule has 2 aliphatic carbocycles. The molecule has 2 aliphatic rings. The van der Waals surface area contributed by atoms with Gasteiger partial charge in [0.15, 0.2) is 0 Å². The molecule has 178 valence electrons. The maximum Gasteiger partial charge on any atom is 0.412 e. The van der Waals surface area contributed by atoms with Gasteiger partial charge in [0.1, 0.15) is 5.75 Å². The summed E-state index contributed by atoms with van der Waals surface area (Å²) < 4.78 is 5.56. The fourth-order valence-corrected chi connectivity index (χ4v) is 5.82. The number of ether oxygens (including phenoxy) is 1. The number of rotatable bonds is 10. The van der Waals surface area contributed by atoms with Crippen LogP contribution in [0.3, 0.4) is 0 Å².